The molecule has 3 aromatic rings. The monoisotopic (exact) mass is 454 g/mol. The first kappa shape index (κ1) is 22.9. The van der Waals surface area contributed by atoms with Crippen molar-refractivity contribution in [2.24, 2.45) is 0 Å². The summed E-state index contributed by atoms with van der Waals surface area (Å²) in [5.41, 5.74) is 0.948. The molecule has 0 aliphatic carbocycles. The van der Waals surface area contributed by atoms with E-state index in [-0.39, 0.29) is 5.12 Å². The minimum absolute atomic E-state index is 0.102. The van der Waals surface area contributed by atoms with Gasteiger partial charge in [0.2, 0.25) is 5.12 Å². The molecule has 0 aliphatic rings. The highest BCUT2D eigenvalue weighted by Gasteiger charge is 2.11. The van der Waals surface area contributed by atoms with Crippen molar-refractivity contribution in [2.45, 2.75) is 31.1 Å². The van der Waals surface area contributed by atoms with E-state index in [2.05, 4.69) is 6.92 Å². The molecule has 0 saturated carbocycles. The maximum absolute atomic E-state index is 12.4. The molecule has 3 rings (SSSR count). The van der Waals surface area contributed by atoms with E-state index in [0.717, 1.165) is 41.7 Å². The van der Waals surface area contributed by atoms with Crippen LogP contribution in [0.3, 0.4) is 0 Å². The smallest absolute Gasteiger partial charge is 0.343 e. The van der Waals surface area contributed by atoms with Crippen LogP contribution in [-0.2, 0) is 0 Å². The molecule has 0 aliphatic heterocycles. The Labute approximate surface area is 191 Å². The number of ether oxygens (including phenoxy) is 2. The molecule has 0 radical (unpaired) electrons. The molecule has 31 heavy (non-hydrogen) atoms. The quantitative estimate of drug-likeness (QED) is 0.150. The minimum atomic E-state index is -0.466. The van der Waals surface area contributed by atoms with Crippen LogP contribution in [0.2, 0.25) is 5.02 Å². The maximum atomic E-state index is 12.4. The van der Waals surface area contributed by atoms with E-state index < -0.39 is 5.97 Å². The van der Waals surface area contributed by atoms with Crippen molar-refractivity contribution in [3.63, 3.8) is 0 Å². The molecule has 3 aromatic carbocycles. The summed E-state index contributed by atoms with van der Waals surface area (Å²) in [5.74, 6) is 0.638. The Kier molecular flexibility index (Phi) is 8.56. The fourth-order valence-corrected chi connectivity index (χ4v) is 3.59. The van der Waals surface area contributed by atoms with Crippen molar-refractivity contribution in [2.75, 3.05) is 6.61 Å². The number of carbonyl (C=O) groups excluding carboxylic acids is 2. The van der Waals surface area contributed by atoms with E-state index in [4.69, 9.17) is 21.1 Å². The Hall–Kier alpha value is -2.76. The molecule has 0 amide bonds. The zero-order valence-corrected chi connectivity index (χ0v) is 18.7. The summed E-state index contributed by atoms with van der Waals surface area (Å²) in [7, 11) is 0. The molecular weight excluding hydrogens is 432 g/mol. The van der Waals surface area contributed by atoms with Crippen LogP contribution in [0.4, 0.5) is 0 Å². The fraction of sp³-hybridized carbons (Fsp3) is 0.200. The van der Waals surface area contributed by atoms with Gasteiger partial charge < -0.3 is 9.47 Å². The summed E-state index contributed by atoms with van der Waals surface area (Å²) in [5, 5.41) is 0.520. The van der Waals surface area contributed by atoms with E-state index in [9.17, 15) is 9.59 Å². The SMILES string of the molecule is CCCCCOc1ccc(C(=O)Oc2ccc(C(=O)Sc3ccc(Cl)cc3)cc2)cc1. The molecule has 0 spiro atoms. The molecule has 0 aromatic heterocycles. The topological polar surface area (TPSA) is 52.6 Å². The summed E-state index contributed by atoms with van der Waals surface area (Å²) in [4.78, 5) is 25.6. The summed E-state index contributed by atoms with van der Waals surface area (Å²) in [6.45, 7) is 2.81. The molecule has 0 heterocycles. The van der Waals surface area contributed by atoms with Crippen LogP contribution in [0.25, 0.3) is 0 Å². The van der Waals surface area contributed by atoms with E-state index in [1.54, 1.807) is 72.8 Å². The predicted octanol–water partition coefficient (Wildman–Crippen LogP) is 7.06. The van der Waals surface area contributed by atoms with Gasteiger partial charge in [-0.3, -0.25) is 4.79 Å². The number of thioether (sulfide) groups is 1. The first-order valence-corrected chi connectivity index (χ1v) is 11.3. The van der Waals surface area contributed by atoms with Crippen molar-refractivity contribution < 1.29 is 19.1 Å². The normalized spacial score (nSPS) is 10.5. The van der Waals surface area contributed by atoms with Gasteiger partial charge in [0.25, 0.3) is 0 Å². The molecule has 0 atom stereocenters. The van der Waals surface area contributed by atoms with Gasteiger partial charge >= 0.3 is 5.97 Å². The number of halogens is 1. The van der Waals surface area contributed by atoms with E-state index in [0.29, 0.717) is 28.5 Å². The number of carbonyl (C=O) groups is 2. The third kappa shape index (κ3) is 7.16. The fourth-order valence-electron chi connectivity index (χ4n) is 2.72. The third-order valence-electron chi connectivity index (χ3n) is 4.43. The first-order chi connectivity index (χ1) is 15.0. The standard InChI is InChI=1S/C25H23ClO4S/c1-2-3-4-17-29-21-11-5-18(6-12-21)24(27)30-22-13-7-19(8-14-22)25(28)31-23-15-9-20(26)10-16-23/h5-16H,2-4,17H2,1H3. The van der Waals surface area contributed by atoms with Crippen LogP contribution in [0.5, 0.6) is 11.5 Å². The Morgan fingerprint density at radius 1 is 0.806 bits per heavy atom. The summed E-state index contributed by atoms with van der Waals surface area (Å²) < 4.78 is 11.1. The summed E-state index contributed by atoms with van der Waals surface area (Å²) >= 11 is 6.98. The van der Waals surface area contributed by atoms with Crippen LogP contribution in [0.1, 0.15) is 46.9 Å². The molecule has 4 nitrogen and oxygen atoms in total. The lowest BCUT2D eigenvalue weighted by molar-refractivity contribution is 0.0734. The molecule has 0 fully saturated rings. The van der Waals surface area contributed by atoms with E-state index >= 15 is 0 Å². The van der Waals surface area contributed by atoms with Crippen LogP contribution < -0.4 is 9.47 Å². The molecule has 0 bridgehead atoms. The zero-order chi connectivity index (χ0) is 22.1. The molecule has 6 heteroatoms. The third-order valence-corrected chi connectivity index (χ3v) is 5.61. The molecule has 160 valence electrons. The summed E-state index contributed by atoms with van der Waals surface area (Å²) in [6.07, 6.45) is 3.29. The largest absolute Gasteiger partial charge is 0.494 e. The first-order valence-electron chi connectivity index (χ1n) is 10.1. The van der Waals surface area contributed by atoms with E-state index in [1.165, 1.54) is 0 Å². The average molecular weight is 455 g/mol. The Balaban J connectivity index is 1.53. The van der Waals surface area contributed by atoms with Gasteiger partial charge in [0, 0.05) is 15.5 Å². The van der Waals surface area contributed by atoms with Gasteiger partial charge in [0.15, 0.2) is 0 Å². The maximum Gasteiger partial charge on any atom is 0.343 e. The van der Waals surface area contributed by atoms with E-state index in [1.807, 2.05) is 0 Å². The van der Waals surface area contributed by atoms with Crippen LogP contribution >= 0.6 is 23.4 Å². The highest BCUT2D eigenvalue weighted by molar-refractivity contribution is 8.14. The molecule has 0 N–H and O–H groups in total. The van der Waals surface area contributed by atoms with Crippen molar-refractivity contribution in [3.05, 3.63) is 88.9 Å². The second-order valence-corrected chi connectivity index (χ2v) is 8.32. The molecule has 0 saturated heterocycles. The number of benzene rings is 3. The van der Waals surface area contributed by atoms with Gasteiger partial charge in [0.1, 0.15) is 11.5 Å². The lowest BCUT2D eigenvalue weighted by Crippen LogP contribution is -2.08. The second-order valence-electron chi connectivity index (χ2n) is 6.84. The van der Waals surface area contributed by atoms with Crippen molar-refractivity contribution in [1.29, 1.82) is 0 Å². The molecule has 0 unspecified atom stereocenters. The van der Waals surface area contributed by atoms with Gasteiger partial charge in [0.05, 0.1) is 12.2 Å². The van der Waals surface area contributed by atoms with Gasteiger partial charge in [-0.1, -0.05) is 31.4 Å². The second kappa shape index (κ2) is 11.6. The number of esters is 1. The average Bonchev–Trinajstić information content (AvgIpc) is 2.79. The van der Waals surface area contributed by atoms with Gasteiger partial charge in [-0.25, -0.2) is 4.79 Å². The Morgan fingerprint density at radius 3 is 2.06 bits per heavy atom. The Morgan fingerprint density at radius 2 is 1.42 bits per heavy atom. The van der Waals surface area contributed by atoms with Crippen molar-refractivity contribution in [3.8, 4) is 11.5 Å². The zero-order valence-electron chi connectivity index (χ0n) is 17.2. The van der Waals surface area contributed by atoms with Gasteiger partial charge in [-0.05, 0) is 91.0 Å². The van der Waals surface area contributed by atoms with Gasteiger partial charge in [-0.2, -0.15) is 0 Å². The predicted molar refractivity (Wildman–Crippen MR) is 125 cm³/mol. The highest BCUT2D eigenvalue weighted by Crippen LogP contribution is 2.25. The van der Waals surface area contributed by atoms with Crippen LogP contribution in [0, 0.1) is 0 Å². The molecular formula is C25H23ClO4S. The van der Waals surface area contributed by atoms with Gasteiger partial charge in [-0.15, -0.1) is 0 Å². The summed E-state index contributed by atoms with van der Waals surface area (Å²) in [6, 6.07) is 20.5. The van der Waals surface area contributed by atoms with Crippen molar-refractivity contribution in [1.82, 2.24) is 0 Å². The van der Waals surface area contributed by atoms with Crippen molar-refractivity contribution >= 4 is 34.4 Å². The number of hydrogen-bond donors (Lipinski definition) is 0. The highest BCUT2D eigenvalue weighted by atomic mass is 35.5. The number of unbranched alkanes of at least 4 members (excludes halogenated alkanes) is 2. The Bertz CT molecular complexity index is 999. The lowest BCUT2D eigenvalue weighted by atomic mass is 10.2. The number of hydrogen-bond acceptors (Lipinski definition) is 5. The van der Waals surface area contributed by atoms with Crippen LogP contribution in [0.15, 0.2) is 77.7 Å². The van der Waals surface area contributed by atoms with Crippen LogP contribution in [-0.4, -0.2) is 17.7 Å². The lowest BCUT2D eigenvalue weighted by Gasteiger charge is -2.08. The minimum Gasteiger partial charge on any atom is -0.494 e. The number of rotatable bonds is 9.